The van der Waals surface area contributed by atoms with Gasteiger partial charge >= 0.3 is 5.97 Å². The average molecular weight is 275 g/mol. The minimum atomic E-state index is -0.844. The molecule has 1 aliphatic rings. The van der Waals surface area contributed by atoms with Gasteiger partial charge in [-0.15, -0.1) is 0 Å². The van der Waals surface area contributed by atoms with Gasteiger partial charge in [0.05, 0.1) is 5.56 Å². The van der Waals surface area contributed by atoms with Crippen LogP contribution < -0.4 is 4.90 Å². The molecule has 1 N–H and O–H groups in total. The lowest BCUT2D eigenvalue weighted by molar-refractivity contribution is 0.0696. The summed E-state index contributed by atoms with van der Waals surface area (Å²) in [5.41, 5.74) is 2.90. The van der Waals surface area contributed by atoms with Gasteiger partial charge < -0.3 is 10.0 Å². The number of carbonyl (C=O) groups is 1. The van der Waals surface area contributed by atoms with Crippen LogP contribution in [0.4, 0.5) is 5.69 Å². The zero-order valence-electron chi connectivity index (χ0n) is 12.8. The molecular weight excluding hydrogens is 250 g/mol. The Morgan fingerprint density at radius 2 is 1.85 bits per heavy atom. The van der Waals surface area contributed by atoms with Crippen LogP contribution in [0.1, 0.15) is 55.5 Å². The highest BCUT2D eigenvalue weighted by Gasteiger charge is 2.41. The maximum atomic E-state index is 11.0. The standard InChI is InChI=1S/C17H25NO2/c1-4-8-17(9-5-2)11-18(12-17)14-6-7-15(16(19)20)13(3)10-14/h6-7,10H,4-5,8-9,11-12H2,1-3H3,(H,19,20). The highest BCUT2D eigenvalue weighted by atomic mass is 16.4. The van der Waals surface area contributed by atoms with Gasteiger partial charge in [-0.2, -0.15) is 0 Å². The van der Waals surface area contributed by atoms with Gasteiger partial charge in [0.1, 0.15) is 0 Å². The number of aryl methyl sites for hydroxylation is 1. The van der Waals surface area contributed by atoms with Gasteiger partial charge in [-0.05, 0) is 43.5 Å². The van der Waals surface area contributed by atoms with E-state index in [1.807, 2.05) is 19.1 Å². The fourth-order valence-corrected chi connectivity index (χ4v) is 3.53. The molecule has 0 aliphatic carbocycles. The molecule has 1 aromatic carbocycles. The number of benzene rings is 1. The summed E-state index contributed by atoms with van der Waals surface area (Å²) in [5.74, 6) is -0.844. The van der Waals surface area contributed by atoms with Crippen molar-refractivity contribution in [3.8, 4) is 0 Å². The number of aromatic carboxylic acids is 1. The molecule has 1 saturated heterocycles. The number of carboxylic acid groups (broad SMARTS) is 1. The molecule has 0 aromatic heterocycles. The summed E-state index contributed by atoms with van der Waals surface area (Å²) in [5, 5.41) is 9.08. The Morgan fingerprint density at radius 1 is 1.25 bits per heavy atom. The predicted molar refractivity (Wildman–Crippen MR) is 82.6 cm³/mol. The number of hydrogen-bond acceptors (Lipinski definition) is 2. The molecule has 2 rings (SSSR count). The maximum Gasteiger partial charge on any atom is 0.335 e. The van der Waals surface area contributed by atoms with E-state index in [4.69, 9.17) is 5.11 Å². The minimum absolute atomic E-state index is 0.405. The second kappa shape index (κ2) is 5.86. The summed E-state index contributed by atoms with van der Waals surface area (Å²) in [6, 6.07) is 5.68. The smallest absolute Gasteiger partial charge is 0.335 e. The van der Waals surface area contributed by atoms with Crippen molar-refractivity contribution in [1.82, 2.24) is 0 Å². The largest absolute Gasteiger partial charge is 0.478 e. The number of nitrogens with zero attached hydrogens (tertiary/aromatic N) is 1. The monoisotopic (exact) mass is 275 g/mol. The van der Waals surface area contributed by atoms with Crippen LogP contribution in [0.15, 0.2) is 18.2 Å². The van der Waals surface area contributed by atoms with Crippen LogP contribution in [0.25, 0.3) is 0 Å². The third-order valence-electron chi connectivity index (χ3n) is 4.42. The van der Waals surface area contributed by atoms with Crippen LogP contribution in [0.3, 0.4) is 0 Å². The summed E-state index contributed by atoms with van der Waals surface area (Å²) in [7, 11) is 0. The van der Waals surface area contributed by atoms with E-state index in [2.05, 4.69) is 18.7 Å². The second-order valence-corrected chi connectivity index (χ2v) is 6.16. The SMILES string of the molecule is CCCC1(CCC)CN(c2ccc(C(=O)O)c(C)c2)C1. The van der Waals surface area contributed by atoms with Gasteiger partial charge in [0, 0.05) is 24.2 Å². The quantitative estimate of drug-likeness (QED) is 0.849. The van der Waals surface area contributed by atoms with E-state index >= 15 is 0 Å². The highest BCUT2D eigenvalue weighted by Crippen LogP contribution is 2.42. The molecule has 1 heterocycles. The molecule has 0 radical (unpaired) electrons. The summed E-state index contributed by atoms with van der Waals surface area (Å²) in [4.78, 5) is 13.4. The molecule has 3 heteroatoms. The first-order chi connectivity index (χ1) is 9.51. The maximum absolute atomic E-state index is 11.0. The fraction of sp³-hybridized carbons (Fsp3) is 0.588. The van der Waals surface area contributed by atoms with Crippen molar-refractivity contribution in [2.45, 2.75) is 46.5 Å². The van der Waals surface area contributed by atoms with Crippen molar-refractivity contribution in [2.75, 3.05) is 18.0 Å². The van der Waals surface area contributed by atoms with Crippen LogP contribution >= 0.6 is 0 Å². The van der Waals surface area contributed by atoms with E-state index < -0.39 is 5.97 Å². The Bertz CT molecular complexity index is 482. The van der Waals surface area contributed by atoms with Crippen molar-refractivity contribution in [3.05, 3.63) is 29.3 Å². The number of rotatable bonds is 6. The lowest BCUT2D eigenvalue weighted by Gasteiger charge is -2.52. The van der Waals surface area contributed by atoms with Crippen LogP contribution in [0.2, 0.25) is 0 Å². The Balaban J connectivity index is 2.08. The molecular formula is C17H25NO2. The van der Waals surface area contributed by atoms with E-state index in [-0.39, 0.29) is 0 Å². The van der Waals surface area contributed by atoms with E-state index in [1.165, 1.54) is 25.7 Å². The van der Waals surface area contributed by atoms with Gasteiger partial charge in [0.25, 0.3) is 0 Å². The van der Waals surface area contributed by atoms with Gasteiger partial charge in [-0.1, -0.05) is 26.7 Å². The van der Waals surface area contributed by atoms with Gasteiger partial charge in [0.2, 0.25) is 0 Å². The predicted octanol–water partition coefficient (Wildman–Crippen LogP) is 4.10. The minimum Gasteiger partial charge on any atom is -0.478 e. The Kier molecular flexibility index (Phi) is 4.36. The lowest BCUT2D eigenvalue weighted by Crippen LogP contribution is -2.56. The number of anilines is 1. The van der Waals surface area contributed by atoms with Crippen molar-refractivity contribution >= 4 is 11.7 Å². The molecule has 0 amide bonds. The third-order valence-corrected chi connectivity index (χ3v) is 4.42. The molecule has 0 spiro atoms. The summed E-state index contributed by atoms with van der Waals surface area (Å²) < 4.78 is 0. The summed E-state index contributed by atoms with van der Waals surface area (Å²) >= 11 is 0. The first kappa shape index (κ1) is 14.9. The molecule has 1 aliphatic heterocycles. The van der Waals surface area contributed by atoms with Crippen molar-refractivity contribution in [1.29, 1.82) is 0 Å². The van der Waals surface area contributed by atoms with Crippen molar-refractivity contribution in [3.63, 3.8) is 0 Å². The zero-order valence-corrected chi connectivity index (χ0v) is 12.8. The Hall–Kier alpha value is -1.51. The molecule has 0 saturated carbocycles. The first-order valence-corrected chi connectivity index (χ1v) is 7.60. The molecule has 1 aromatic rings. The van der Waals surface area contributed by atoms with E-state index in [0.717, 1.165) is 24.3 Å². The van der Waals surface area contributed by atoms with Crippen LogP contribution in [0.5, 0.6) is 0 Å². The highest BCUT2D eigenvalue weighted by molar-refractivity contribution is 5.90. The van der Waals surface area contributed by atoms with Gasteiger partial charge in [-0.25, -0.2) is 4.79 Å². The molecule has 110 valence electrons. The van der Waals surface area contributed by atoms with Crippen molar-refractivity contribution < 1.29 is 9.90 Å². The normalized spacial score (nSPS) is 16.9. The molecule has 0 bridgehead atoms. The zero-order chi connectivity index (χ0) is 14.8. The van der Waals surface area contributed by atoms with E-state index in [0.29, 0.717) is 11.0 Å². The van der Waals surface area contributed by atoms with E-state index in [1.54, 1.807) is 6.07 Å². The lowest BCUT2D eigenvalue weighted by atomic mass is 9.72. The molecule has 3 nitrogen and oxygen atoms in total. The number of carboxylic acids is 1. The molecule has 0 unspecified atom stereocenters. The topological polar surface area (TPSA) is 40.5 Å². The van der Waals surface area contributed by atoms with Gasteiger partial charge in [-0.3, -0.25) is 0 Å². The Morgan fingerprint density at radius 3 is 2.30 bits per heavy atom. The molecule has 20 heavy (non-hydrogen) atoms. The average Bonchev–Trinajstić information content (AvgIpc) is 2.35. The summed E-state index contributed by atoms with van der Waals surface area (Å²) in [6.45, 7) is 8.61. The van der Waals surface area contributed by atoms with Crippen LogP contribution in [-0.2, 0) is 0 Å². The van der Waals surface area contributed by atoms with E-state index in [9.17, 15) is 4.79 Å². The van der Waals surface area contributed by atoms with Crippen molar-refractivity contribution in [2.24, 2.45) is 5.41 Å². The molecule has 0 atom stereocenters. The van der Waals surface area contributed by atoms with Crippen LogP contribution in [0, 0.1) is 12.3 Å². The van der Waals surface area contributed by atoms with Crippen LogP contribution in [-0.4, -0.2) is 24.2 Å². The molecule has 1 fully saturated rings. The fourth-order valence-electron chi connectivity index (χ4n) is 3.53. The third kappa shape index (κ3) is 2.82. The summed E-state index contributed by atoms with van der Waals surface area (Å²) in [6.07, 6.45) is 5.07. The second-order valence-electron chi connectivity index (χ2n) is 6.16. The first-order valence-electron chi connectivity index (χ1n) is 7.60. The van der Waals surface area contributed by atoms with Gasteiger partial charge in [0.15, 0.2) is 0 Å². The Labute approximate surface area is 121 Å². The number of hydrogen-bond donors (Lipinski definition) is 1.